The Morgan fingerprint density at radius 3 is 2.50 bits per heavy atom. The van der Waals surface area contributed by atoms with Gasteiger partial charge in [0.1, 0.15) is 11.5 Å². The van der Waals surface area contributed by atoms with Gasteiger partial charge in [-0.1, -0.05) is 13.0 Å². The van der Waals surface area contributed by atoms with Gasteiger partial charge < -0.3 is 14.4 Å². The number of ether oxygens (including phenoxy) is 2. The maximum absolute atomic E-state index is 13.3. The van der Waals surface area contributed by atoms with E-state index in [9.17, 15) is 18.0 Å². The average Bonchev–Trinajstić information content (AvgIpc) is 2.85. The van der Waals surface area contributed by atoms with Gasteiger partial charge in [-0.2, -0.15) is 13.2 Å². The molecule has 10 heteroatoms. The van der Waals surface area contributed by atoms with Gasteiger partial charge in [-0.15, -0.1) is 0 Å². The summed E-state index contributed by atoms with van der Waals surface area (Å²) in [5.74, 6) is -0.172. The molecule has 1 amide bonds. The summed E-state index contributed by atoms with van der Waals surface area (Å²) in [5, 5.41) is 0. The molecule has 0 N–H and O–H groups in total. The molecule has 1 aromatic rings. The fraction of sp³-hybridized carbons (Fsp3) is 0.750. The number of pyridine rings is 1. The SMILES string of the molecule is CCOCCCN1CCN(C2(CN(C(=O)CC)c3cccc(C(F)(F)F)n3)CCOCC2)CC1. The van der Waals surface area contributed by atoms with E-state index < -0.39 is 11.9 Å². The van der Waals surface area contributed by atoms with Gasteiger partial charge in [0.25, 0.3) is 0 Å². The van der Waals surface area contributed by atoms with Gasteiger partial charge >= 0.3 is 6.18 Å². The zero-order chi connectivity index (χ0) is 24.6. The maximum atomic E-state index is 13.3. The summed E-state index contributed by atoms with van der Waals surface area (Å²) in [6.45, 7) is 11.2. The van der Waals surface area contributed by atoms with E-state index in [-0.39, 0.29) is 23.7 Å². The topological polar surface area (TPSA) is 58.1 Å². The van der Waals surface area contributed by atoms with Crippen LogP contribution in [0.25, 0.3) is 0 Å². The summed E-state index contributed by atoms with van der Waals surface area (Å²) in [7, 11) is 0. The first-order valence-electron chi connectivity index (χ1n) is 12.3. The van der Waals surface area contributed by atoms with E-state index in [0.29, 0.717) is 19.8 Å². The van der Waals surface area contributed by atoms with Crippen molar-refractivity contribution < 1.29 is 27.4 Å². The Kier molecular flexibility index (Phi) is 9.70. The Morgan fingerprint density at radius 1 is 1.18 bits per heavy atom. The van der Waals surface area contributed by atoms with Crippen molar-refractivity contribution in [3.8, 4) is 0 Å². The van der Waals surface area contributed by atoms with Crippen LogP contribution in [-0.4, -0.2) is 91.9 Å². The van der Waals surface area contributed by atoms with Gasteiger partial charge in [0.2, 0.25) is 5.91 Å². The number of nitrogens with zero attached hydrogens (tertiary/aromatic N) is 4. The highest BCUT2D eigenvalue weighted by molar-refractivity contribution is 5.92. The van der Waals surface area contributed by atoms with Crippen molar-refractivity contribution in [2.24, 2.45) is 0 Å². The number of hydrogen-bond donors (Lipinski definition) is 0. The lowest BCUT2D eigenvalue weighted by Crippen LogP contribution is -2.63. The maximum Gasteiger partial charge on any atom is 0.433 e. The second-order valence-electron chi connectivity index (χ2n) is 8.93. The van der Waals surface area contributed by atoms with Crippen LogP contribution in [-0.2, 0) is 20.4 Å². The third kappa shape index (κ3) is 6.90. The fourth-order valence-corrected chi connectivity index (χ4v) is 4.82. The van der Waals surface area contributed by atoms with Crippen LogP contribution in [0.3, 0.4) is 0 Å². The van der Waals surface area contributed by atoms with E-state index in [1.807, 2.05) is 6.92 Å². The van der Waals surface area contributed by atoms with Crippen LogP contribution in [0.4, 0.5) is 19.0 Å². The number of halogens is 3. The number of anilines is 1. The van der Waals surface area contributed by atoms with Gasteiger partial charge in [0.15, 0.2) is 0 Å². The normalized spacial score (nSPS) is 19.8. The number of alkyl halides is 3. The van der Waals surface area contributed by atoms with E-state index in [0.717, 1.165) is 71.3 Å². The number of carbonyl (C=O) groups excluding carboxylic acids is 1. The Bertz CT molecular complexity index is 779. The first-order chi connectivity index (χ1) is 16.3. The lowest BCUT2D eigenvalue weighted by atomic mass is 9.86. The number of piperazine rings is 1. The molecule has 2 aliphatic heterocycles. The van der Waals surface area contributed by atoms with Gasteiger partial charge in [-0.3, -0.25) is 14.6 Å². The highest BCUT2D eigenvalue weighted by Crippen LogP contribution is 2.33. The summed E-state index contributed by atoms with van der Waals surface area (Å²) in [4.78, 5) is 23.0. The van der Waals surface area contributed by atoms with Crippen LogP contribution in [0.1, 0.15) is 45.2 Å². The van der Waals surface area contributed by atoms with E-state index in [2.05, 4.69) is 14.8 Å². The largest absolute Gasteiger partial charge is 0.433 e. The third-order valence-corrected chi connectivity index (χ3v) is 6.79. The Balaban J connectivity index is 1.76. The van der Waals surface area contributed by atoms with Crippen LogP contribution in [0.5, 0.6) is 0 Å². The van der Waals surface area contributed by atoms with Crippen LogP contribution in [0, 0.1) is 0 Å². The smallest absolute Gasteiger partial charge is 0.382 e. The summed E-state index contributed by atoms with van der Waals surface area (Å²) < 4.78 is 51.0. The molecule has 3 rings (SSSR count). The van der Waals surface area contributed by atoms with E-state index in [1.54, 1.807) is 6.92 Å². The van der Waals surface area contributed by atoms with E-state index >= 15 is 0 Å². The average molecular weight is 487 g/mol. The monoisotopic (exact) mass is 486 g/mol. The van der Waals surface area contributed by atoms with Crippen LogP contribution in [0.15, 0.2) is 18.2 Å². The molecular formula is C24H37F3N4O3. The minimum absolute atomic E-state index is 0.0575. The molecule has 0 atom stereocenters. The quantitative estimate of drug-likeness (QED) is 0.473. The predicted octanol–water partition coefficient (Wildman–Crippen LogP) is 3.44. The van der Waals surface area contributed by atoms with Crippen LogP contribution in [0.2, 0.25) is 0 Å². The van der Waals surface area contributed by atoms with E-state index in [4.69, 9.17) is 9.47 Å². The lowest BCUT2D eigenvalue weighted by Gasteiger charge is -2.51. The predicted molar refractivity (Wildman–Crippen MR) is 124 cm³/mol. The summed E-state index contributed by atoms with van der Waals surface area (Å²) in [6, 6.07) is 3.75. The summed E-state index contributed by atoms with van der Waals surface area (Å²) in [5.41, 5.74) is -1.34. The number of hydrogen-bond acceptors (Lipinski definition) is 6. The minimum Gasteiger partial charge on any atom is -0.382 e. The molecule has 2 aliphatic rings. The van der Waals surface area contributed by atoms with Gasteiger partial charge in [0, 0.05) is 77.7 Å². The molecule has 1 aromatic heterocycles. The molecule has 0 unspecified atom stereocenters. The first-order valence-corrected chi connectivity index (χ1v) is 12.3. The van der Waals surface area contributed by atoms with Gasteiger partial charge in [-0.25, -0.2) is 4.98 Å². The van der Waals surface area contributed by atoms with E-state index in [1.165, 1.54) is 17.0 Å². The van der Waals surface area contributed by atoms with Crippen molar-refractivity contribution >= 4 is 11.7 Å². The zero-order valence-electron chi connectivity index (χ0n) is 20.3. The molecule has 0 bridgehead atoms. The van der Waals surface area contributed by atoms with Crippen LogP contribution >= 0.6 is 0 Å². The molecule has 0 aromatic carbocycles. The van der Waals surface area contributed by atoms with Crippen molar-refractivity contribution in [1.82, 2.24) is 14.8 Å². The molecule has 34 heavy (non-hydrogen) atoms. The molecule has 7 nitrogen and oxygen atoms in total. The Labute approximate surface area is 200 Å². The van der Waals surface area contributed by atoms with Crippen LogP contribution < -0.4 is 4.90 Å². The van der Waals surface area contributed by atoms with Crippen molar-refractivity contribution in [1.29, 1.82) is 0 Å². The molecule has 0 saturated carbocycles. The van der Waals surface area contributed by atoms with Gasteiger partial charge in [0.05, 0.1) is 0 Å². The summed E-state index contributed by atoms with van der Waals surface area (Å²) >= 11 is 0. The molecule has 2 saturated heterocycles. The molecule has 3 heterocycles. The molecule has 0 aliphatic carbocycles. The number of rotatable bonds is 10. The molecule has 2 fully saturated rings. The second-order valence-corrected chi connectivity index (χ2v) is 8.93. The minimum atomic E-state index is -4.56. The van der Waals surface area contributed by atoms with Crippen molar-refractivity contribution in [2.45, 2.75) is 51.2 Å². The molecule has 0 radical (unpaired) electrons. The number of carbonyl (C=O) groups is 1. The second kappa shape index (κ2) is 12.3. The van der Waals surface area contributed by atoms with Crippen molar-refractivity contribution in [3.63, 3.8) is 0 Å². The first kappa shape index (κ1) is 26.8. The lowest BCUT2D eigenvalue weighted by molar-refractivity contribution is -0.141. The zero-order valence-corrected chi connectivity index (χ0v) is 20.3. The highest BCUT2D eigenvalue weighted by atomic mass is 19.4. The third-order valence-electron chi connectivity index (χ3n) is 6.79. The van der Waals surface area contributed by atoms with Crippen molar-refractivity contribution in [3.05, 3.63) is 23.9 Å². The number of aromatic nitrogens is 1. The fourth-order valence-electron chi connectivity index (χ4n) is 4.82. The standard InChI is InChI=1S/C24H37F3N4O3/c1-3-22(32)31(21-8-5-7-20(28-21)24(25,26)27)19-23(9-17-34-18-10-23)30-14-12-29(13-15-30)11-6-16-33-4-2/h5,7-8H,3-4,6,9-19H2,1-2H3. The highest BCUT2D eigenvalue weighted by Gasteiger charge is 2.43. The summed E-state index contributed by atoms with van der Waals surface area (Å²) in [6.07, 6.45) is -1.93. The molecule has 0 spiro atoms. The Morgan fingerprint density at radius 2 is 1.88 bits per heavy atom. The molecular weight excluding hydrogens is 449 g/mol. The Hall–Kier alpha value is -1.75. The molecule has 192 valence electrons. The van der Waals surface area contributed by atoms with Gasteiger partial charge in [-0.05, 0) is 38.3 Å². The number of amides is 1. The van der Waals surface area contributed by atoms with Crippen molar-refractivity contribution in [2.75, 3.05) is 70.6 Å².